The van der Waals surface area contributed by atoms with Crippen LogP contribution >= 0.6 is 0 Å². The second-order valence-corrected chi connectivity index (χ2v) is 1.39. The number of rotatable bonds is 2. The smallest absolute Gasteiger partial charge is 0.0196 e. The molecule has 2 heteroatoms. The van der Waals surface area contributed by atoms with Crippen LogP contribution < -0.4 is 0 Å². The molecule has 0 aromatic carbocycles. The minimum atomic E-state index is 0. The fraction of sp³-hybridized carbons (Fsp3) is 0.800. The Morgan fingerprint density at radius 3 is 2.14 bits per heavy atom. The van der Waals surface area contributed by atoms with Crippen molar-refractivity contribution >= 4 is 0 Å². The third kappa shape index (κ3) is 7.06. The van der Waals surface area contributed by atoms with E-state index < -0.39 is 0 Å². The molecule has 0 aromatic rings. The van der Waals surface area contributed by atoms with E-state index >= 15 is 0 Å². The summed E-state index contributed by atoms with van der Waals surface area (Å²) >= 11 is 0. The van der Waals surface area contributed by atoms with Crippen LogP contribution in [0.3, 0.4) is 0 Å². The van der Waals surface area contributed by atoms with E-state index in [1.165, 1.54) is 0 Å². The van der Waals surface area contributed by atoms with Gasteiger partial charge in [0.25, 0.3) is 0 Å². The Morgan fingerprint density at radius 2 is 2.14 bits per heavy atom. The standard InChI is InChI=1S/C5H11O.Y/c1-4-5(2)6-3;/h5H,3-4H2,1-2H3;/q-1;. The van der Waals surface area contributed by atoms with E-state index in [1.807, 2.05) is 6.92 Å². The van der Waals surface area contributed by atoms with Crippen LogP contribution in [0.25, 0.3) is 0 Å². The van der Waals surface area contributed by atoms with Crippen molar-refractivity contribution in [3.8, 4) is 0 Å². The molecule has 0 aliphatic carbocycles. The van der Waals surface area contributed by atoms with Crippen LogP contribution in [-0.2, 0) is 37.4 Å². The zero-order chi connectivity index (χ0) is 4.99. The van der Waals surface area contributed by atoms with Crippen molar-refractivity contribution in [3.05, 3.63) is 7.11 Å². The minimum Gasteiger partial charge on any atom is -0.553 e. The van der Waals surface area contributed by atoms with E-state index in [0.717, 1.165) is 6.42 Å². The fourth-order valence-electron chi connectivity index (χ4n) is 0.118. The van der Waals surface area contributed by atoms with Gasteiger partial charge in [0, 0.05) is 38.8 Å². The summed E-state index contributed by atoms with van der Waals surface area (Å²) < 4.78 is 4.65. The van der Waals surface area contributed by atoms with E-state index in [4.69, 9.17) is 0 Å². The van der Waals surface area contributed by atoms with E-state index in [-0.39, 0.29) is 32.7 Å². The van der Waals surface area contributed by atoms with Gasteiger partial charge in [-0.3, -0.25) is 0 Å². The molecule has 0 bridgehead atoms. The molecule has 1 unspecified atom stereocenters. The summed E-state index contributed by atoms with van der Waals surface area (Å²) in [5.41, 5.74) is 0. The number of hydrogen-bond donors (Lipinski definition) is 0. The predicted molar refractivity (Wildman–Crippen MR) is 26.2 cm³/mol. The van der Waals surface area contributed by atoms with Crippen molar-refractivity contribution in [2.75, 3.05) is 0 Å². The molecule has 0 amide bonds. The third-order valence-electron chi connectivity index (χ3n) is 0.859. The van der Waals surface area contributed by atoms with Crippen LogP contribution in [0.5, 0.6) is 0 Å². The minimum absolute atomic E-state index is 0. The van der Waals surface area contributed by atoms with Crippen molar-refractivity contribution in [2.45, 2.75) is 26.4 Å². The van der Waals surface area contributed by atoms with Crippen LogP contribution in [0.2, 0.25) is 0 Å². The van der Waals surface area contributed by atoms with Crippen LogP contribution in [0.1, 0.15) is 20.3 Å². The van der Waals surface area contributed by atoms with E-state index in [0.29, 0.717) is 6.10 Å². The van der Waals surface area contributed by atoms with E-state index in [2.05, 4.69) is 18.8 Å². The molecule has 0 saturated heterocycles. The van der Waals surface area contributed by atoms with Crippen LogP contribution in [0.15, 0.2) is 0 Å². The largest absolute Gasteiger partial charge is 0.553 e. The summed E-state index contributed by atoms with van der Waals surface area (Å²) in [4.78, 5) is 0. The van der Waals surface area contributed by atoms with Crippen molar-refractivity contribution in [1.82, 2.24) is 0 Å². The Morgan fingerprint density at radius 1 is 1.71 bits per heavy atom. The van der Waals surface area contributed by atoms with Crippen molar-refractivity contribution in [3.63, 3.8) is 0 Å². The van der Waals surface area contributed by atoms with Gasteiger partial charge in [-0.2, -0.15) is 0 Å². The monoisotopic (exact) mass is 176 g/mol. The first-order valence-electron chi connectivity index (χ1n) is 2.22. The first-order chi connectivity index (χ1) is 2.81. The summed E-state index contributed by atoms with van der Waals surface area (Å²) in [5.74, 6) is 0. The van der Waals surface area contributed by atoms with Gasteiger partial charge < -0.3 is 4.74 Å². The molecule has 7 heavy (non-hydrogen) atoms. The third-order valence-corrected chi connectivity index (χ3v) is 0.859. The summed E-state index contributed by atoms with van der Waals surface area (Å²) in [6, 6.07) is 0. The molecule has 0 spiro atoms. The average Bonchev–Trinajstić information content (AvgIpc) is 1.65. The maximum absolute atomic E-state index is 4.65. The molecule has 0 rings (SSSR count). The molecule has 0 N–H and O–H groups in total. The van der Waals surface area contributed by atoms with Crippen LogP contribution in [0, 0.1) is 7.11 Å². The zero-order valence-electron chi connectivity index (χ0n) is 4.98. The predicted octanol–water partition coefficient (Wildman–Crippen LogP) is 1.59. The summed E-state index contributed by atoms with van der Waals surface area (Å²) in [6.45, 7) is 4.06. The molecule has 41 valence electrons. The van der Waals surface area contributed by atoms with Gasteiger partial charge in [-0.15, -0.1) is 0 Å². The van der Waals surface area contributed by atoms with Crippen LogP contribution in [0.4, 0.5) is 0 Å². The Bertz CT molecular complexity index is 27.3. The van der Waals surface area contributed by atoms with Gasteiger partial charge in [0.2, 0.25) is 0 Å². The molecular weight excluding hydrogens is 165 g/mol. The molecule has 1 atom stereocenters. The maximum Gasteiger partial charge on any atom is 0.0196 e. The normalized spacial score (nSPS) is 12.4. The van der Waals surface area contributed by atoms with Crippen LogP contribution in [-0.4, -0.2) is 6.10 Å². The van der Waals surface area contributed by atoms with Crippen molar-refractivity contribution in [1.29, 1.82) is 0 Å². The molecule has 1 nitrogen and oxygen atoms in total. The molecular formula is C5H11OY-. The first kappa shape index (κ1) is 10.9. The average molecular weight is 176 g/mol. The van der Waals surface area contributed by atoms with E-state index in [9.17, 15) is 0 Å². The van der Waals surface area contributed by atoms with Gasteiger partial charge in [-0.05, 0) is 13.3 Å². The maximum atomic E-state index is 4.65. The number of hydrogen-bond acceptors (Lipinski definition) is 1. The van der Waals surface area contributed by atoms with Gasteiger partial charge in [0.15, 0.2) is 0 Å². The summed E-state index contributed by atoms with van der Waals surface area (Å²) in [6.07, 6.45) is 1.37. The molecule has 0 aromatic heterocycles. The second kappa shape index (κ2) is 7.06. The number of ether oxygens (including phenoxy) is 1. The van der Waals surface area contributed by atoms with Gasteiger partial charge in [-0.25, -0.2) is 7.11 Å². The van der Waals surface area contributed by atoms with Gasteiger partial charge in [0.05, 0.1) is 0 Å². The molecule has 0 saturated carbocycles. The Hall–Kier alpha value is 1.06. The first-order valence-corrected chi connectivity index (χ1v) is 2.22. The van der Waals surface area contributed by atoms with Gasteiger partial charge in [-0.1, -0.05) is 6.92 Å². The molecule has 0 heterocycles. The summed E-state index contributed by atoms with van der Waals surface area (Å²) in [5, 5.41) is 0. The topological polar surface area (TPSA) is 9.23 Å². The van der Waals surface area contributed by atoms with Crippen molar-refractivity contribution in [2.24, 2.45) is 0 Å². The summed E-state index contributed by atoms with van der Waals surface area (Å²) in [7, 11) is 3.26. The molecule has 0 aliphatic rings. The molecule has 0 aliphatic heterocycles. The molecule has 0 fully saturated rings. The van der Waals surface area contributed by atoms with Gasteiger partial charge in [0.1, 0.15) is 0 Å². The van der Waals surface area contributed by atoms with Gasteiger partial charge >= 0.3 is 0 Å². The second-order valence-electron chi connectivity index (χ2n) is 1.39. The Kier molecular flexibility index (Phi) is 11.0. The Labute approximate surface area is 70.7 Å². The quantitative estimate of drug-likeness (QED) is 0.580. The van der Waals surface area contributed by atoms with Crippen molar-refractivity contribution < 1.29 is 37.4 Å². The Balaban J connectivity index is 0. The zero-order valence-corrected chi connectivity index (χ0v) is 7.82. The van der Waals surface area contributed by atoms with E-state index in [1.54, 1.807) is 0 Å². The molecule has 1 radical (unpaired) electrons. The fourth-order valence-corrected chi connectivity index (χ4v) is 0.118. The SMILES string of the molecule is [CH2-]OC(C)CC.[Y].